The molecule has 0 aromatic heterocycles. The van der Waals surface area contributed by atoms with Gasteiger partial charge in [-0.2, -0.15) is 20.5 Å². The fourth-order valence-electron chi connectivity index (χ4n) is 5.52. The summed E-state index contributed by atoms with van der Waals surface area (Å²) >= 11 is 48.8. The van der Waals surface area contributed by atoms with Gasteiger partial charge in [0.15, 0.2) is 11.6 Å². The van der Waals surface area contributed by atoms with Crippen molar-refractivity contribution in [3.63, 3.8) is 0 Å². The summed E-state index contributed by atoms with van der Waals surface area (Å²) in [5.41, 5.74) is 2.15. The van der Waals surface area contributed by atoms with Gasteiger partial charge in [-0.1, -0.05) is 92.8 Å². The van der Waals surface area contributed by atoms with E-state index in [1.165, 1.54) is 60.7 Å². The van der Waals surface area contributed by atoms with Crippen LogP contribution in [0, 0.1) is 13.8 Å². The first-order valence-corrected chi connectivity index (χ1v) is 21.2. The van der Waals surface area contributed by atoms with Crippen molar-refractivity contribution in [3.8, 4) is 0 Å². The molecular weight excluding hydrogens is 996 g/mol. The number of anilines is 4. The van der Waals surface area contributed by atoms with E-state index in [0.717, 1.165) is 13.8 Å². The molecule has 5 rings (SSSR count). The standard InChI is InChI=1S/C42H30Cl8N8O6/c1-17-9-34(54-42(64)38(20(4)60)58-56-22-6-8-28(44)26(12-22)40(62)52-24-15-31(47)36(50)32(48)16-24)18(2)10-33(17)53-41(63)37(19(3)59)57-55-21-5-7-27(43)25(11-21)39(61)51-23-13-29(45)35(49)30(46)14-23/h5-16,37-38H,1-4H3,(H,51,61)(H,52,62)(H,53,63)(H,54,64). The van der Waals surface area contributed by atoms with Gasteiger partial charge in [0, 0.05) is 22.7 Å². The van der Waals surface area contributed by atoms with E-state index in [-0.39, 0.29) is 85.4 Å². The maximum Gasteiger partial charge on any atom is 0.258 e. The number of halogens is 8. The molecule has 0 aliphatic carbocycles. The van der Waals surface area contributed by atoms with E-state index >= 15 is 0 Å². The molecule has 0 heterocycles. The number of hydrogen-bond donors (Lipinski definition) is 4. The Labute approximate surface area is 405 Å². The molecule has 5 aromatic carbocycles. The molecule has 0 aliphatic heterocycles. The summed E-state index contributed by atoms with van der Waals surface area (Å²) < 4.78 is 0. The molecule has 4 amide bonds. The molecule has 330 valence electrons. The molecule has 0 bridgehead atoms. The Bertz CT molecular complexity index is 2590. The summed E-state index contributed by atoms with van der Waals surface area (Å²) in [6.45, 7) is 5.58. The number of carbonyl (C=O) groups is 6. The van der Waals surface area contributed by atoms with E-state index in [4.69, 9.17) is 92.8 Å². The van der Waals surface area contributed by atoms with E-state index in [2.05, 4.69) is 41.7 Å². The van der Waals surface area contributed by atoms with Crippen LogP contribution in [0.15, 0.2) is 93.3 Å². The maximum absolute atomic E-state index is 13.4. The highest BCUT2D eigenvalue weighted by molar-refractivity contribution is 6.49. The molecular formula is C42H30Cl8N8O6. The zero-order valence-electron chi connectivity index (χ0n) is 33.3. The van der Waals surface area contributed by atoms with Gasteiger partial charge in [0.2, 0.25) is 12.1 Å². The fraction of sp³-hybridized carbons (Fsp3) is 0.143. The monoisotopic (exact) mass is 1020 g/mol. The molecule has 0 saturated heterocycles. The van der Waals surface area contributed by atoms with Gasteiger partial charge in [0.1, 0.15) is 0 Å². The van der Waals surface area contributed by atoms with Crippen LogP contribution in [0.1, 0.15) is 45.7 Å². The molecule has 0 saturated carbocycles. The van der Waals surface area contributed by atoms with Gasteiger partial charge in [-0.3, -0.25) is 28.8 Å². The van der Waals surface area contributed by atoms with E-state index in [1.807, 2.05) is 0 Å². The Hall–Kier alpha value is -5.16. The maximum atomic E-state index is 13.4. The van der Waals surface area contributed by atoms with Gasteiger partial charge in [-0.05, 0) is 112 Å². The van der Waals surface area contributed by atoms with Crippen molar-refractivity contribution in [2.75, 3.05) is 21.3 Å². The smallest absolute Gasteiger partial charge is 0.258 e. The van der Waals surface area contributed by atoms with Crippen LogP contribution < -0.4 is 21.3 Å². The zero-order valence-corrected chi connectivity index (χ0v) is 39.4. The number of azo groups is 2. The molecule has 0 radical (unpaired) electrons. The Morgan fingerprint density at radius 2 is 0.781 bits per heavy atom. The molecule has 4 N–H and O–H groups in total. The van der Waals surface area contributed by atoms with Crippen LogP contribution in [-0.4, -0.2) is 47.3 Å². The third-order valence-electron chi connectivity index (χ3n) is 8.80. The molecule has 2 unspecified atom stereocenters. The number of amides is 4. The van der Waals surface area contributed by atoms with Crippen LogP contribution in [0.2, 0.25) is 40.2 Å². The molecule has 22 heteroatoms. The normalized spacial score (nSPS) is 12.2. The second-order valence-electron chi connectivity index (χ2n) is 13.7. The fourth-order valence-corrected chi connectivity index (χ4v) is 7.12. The number of benzene rings is 5. The summed E-state index contributed by atoms with van der Waals surface area (Å²) in [6.07, 6.45) is 0. The number of nitrogens with zero attached hydrogens (tertiary/aromatic N) is 4. The first-order chi connectivity index (χ1) is 30.1. The lowest BCUT2D eigenvalue weighted by Crippen LogP contribution is -2.32. The van der Waals surface area contributed by atoms with Crippen LogP contribution in [0.3, 0.4) is 0 Å². The van der Waals surface area contributed by atoms with Crippen molar-refractivity contribution in [2.24, 2.45) is 20.5 Å². The molecule has 14 nitrogen and oxygen atoms in total. The number of aryl methyl sites for hydroxylation is 2. The van der Waals surface area contributed by atoms with Crippen LogP contribution in [0.25, 0.3) is 0 Å². The van der Waals surface area contributed by atoms with Crippen molar-refractivity contribution in [2.45, 2.75) is 39.8 Å². The molecule has 64 heavy (non-hydrogen) atoms. The SMILES string of the molecule is CC(=O)C(N=Nc1ccc(Cl)c(C(=O)Nc2cc(Cl)c(Cl)c(Cl)c2)c1)C(=O)Nc1cc(C)c(NC(=O)C(N=Nc2ccc(Cl)c(C(=O)Nc3cc(Cl)c(Cl)c(Cl)c3)c2)C(C)=O)cc1C. The number of ketones is 2. The minimum Gasteiger partial charge on any atom is -0.324 e. The summed E-state index contributed by atoms with van der Waals surface area (Å²) in [5, 5.41) is 27.4. The summed E-state index contributed by atoms with van der Waals surface area (Å²) in [6, 6.07) is 13.7. The van der Waals surface area contributed by atoms with Gasteiger partial charge in [-0.15, -0.1) is 0 Å². The van der Waals surface area contributed by atoms with E-state index in [1.54, 1.807) is 26.0 Å². The van der Waals surface area contributed by atoms with E-state index < -0.39 is 47.3 Å². The summed E-state index contributed by atoms with van der Waals surface area (Å²) in [4.78, 5) is 78.1. The predicted molar refractivity (Wildman–Crippen MR) is 253 cm³/mol. The quantitative estimate of drug-likeness (QED) is 0.0484. The Kier molecular flexibility index (Phi) is 16.9. The minimum absolute atomic E-state index is 0.00822. The topological polar surface area (TPSA) is 200 Å². The van der Waals surface area contributed by atoms with Gasteiger partial charge in [-0.25, -0.2) is 0 Å². The van der Waals surface area contributed by atoms with Crippen LogP contribution in [-0.2, 0) is 19.2 Å². The lowest BCUT2D eigenvalue weighted by atomic mass is 10.1. The van der Waals surface area contributed by atoms with Crippen LogP contribution in [0.4, 0.5) is 34.1 Å². The third-order valence-corrected chi connectivity index (χ3v) is 11.9. The minimum atomic E-state index is -1.60. The lowest BCUT2D eigenvalue weighted by Gasteiger charge is -2.16. The first-order valence-electron chi connectivity index (χ1n) is 18.2. The number of nitrogens with one attached hydrogen (secondary N) is 4. The summed E-state index contributed by atoms with van der Waals surface area (Å²) in [7, 11) is 0. The van der Waals surface area contributed by atoms with Gasteiger partial charge >= 0.3 is 0 Å². The van der Waals surface area contributed by atoms with Crippen LogP contribution in [0.5, 0.6) is 0 Å². The third kappa shape index (κ3) is 12.5. The average molecular weight is 1030 g/mol. The highest BCUT2D eigenvalue weighted by Crippen LogP contribution is 2.35. The number of carbonyl (C=O) groups excluding carboxylic acids is 6. The molecule has 2 atom stereocenters. The van der Waals surface area contributed by atoms with E-state index in [0.29, 0.717) is 11.1 Å². The molecule has 0 aliphatic rings. The number of Topliss-reactive ketones (excluding diaryl/α,β-unsaturated/α-hetero) is 2. The second kappa shape index (κ2) is 21.7. The highest BCUT2D eigenvalue weighted by Gasteiger charge is 2.27. The first kappa shape index (κ1) is 49.8. The van der Waals surface area contributed by atoms with Crippen molar-refractivity contribution < 1.29 is 28.8 Å². The van der Waals surface area contributed by atoms with Crippen molar-refractivity contribution in [1.82, 2.24) is 0 Å². The van der Waals surface area contributed by atoms with Gasteiger partial charge in [0.05, 0.1) is 62.7 Å². The van der Waals surface area contributed by atoms with Crippen molar-refractivity contribution in [3.05, 3.63) is 135 Å². The Balaban J connectivity index is 1.26. The average Bonchev–Trinajstić information content (AvgIpc) is 3.21. The zero-order chi connectivity index (χ0) is 47.2. The Morgan fingerprint density at radius 3 is 1.09 bits per heavy atom. The number of hydrogen-bond acceptors (Lipinski definition) is 10. The lowest BCUT2D eigenvalue weighted by molar-refractivity contribution is -0.127. The van der Waals surface area contributed by atoms with Crippen molar-refractivity contribution >= 4 is 162 Å². The van der Waals surface area contributed by atoms with Crippen LogP contribution >= 0.6 is 92.8 Å². The molecule has 0 fully saturated rings. The predicted octanol–water partition coefficient (Wildman–Crippen LogP) is 13.4. The second-order valence-corrected chi connectivity index (χ2v) is 16.9. The van der Waals surface area contributed by atoms with E-state index in [9.17, 15) is 28.8 Å². The Morgan fingerprint density at radius 1 is 0.453 bits per heavy atom. The van der Waals surface area contributed by atoms with Gasteiger partial charge in [0.25, 0.3) is 23.6 Å². The number of rotatable bonds is 14. The van der Waals surface area contributed by atoms with Gasteiger partial charge < -0.3 is 21.3 Å². The van der Waals surface area contributed by atoms with Crippen molar-refractivity contribution in [1.29, 1.82) is 0 Å². The molecule has 0 spiro atoms. The molecule has 5 aromatic rings. The largest absolute Gasteiger partial charge is 0.324 e. The summed E-state index contributed by atoms with van der Waals surface area (Å²) in [5.74, 6) is -4.21. The highest BCUT2D eigenvalue weighted by atomic mass is 35.5.